The number of benzene rings is 1. The minimum absolute atomic E-state index is 0.104. The zero-order valence-corrected chi connectivity index (χ0v) is 16.2. The molecule has 4 rings (SSSR count). The van der Waals surface area contributed by atoms with Crippen LogP contribution < -0.4 is 0 Å². The number of nitrogens with zero attached hydrogens (tertiary/aromatic N) is 5. The first-order valence-corrected chi connectivity index (χ1v) is 9.57. The molecule has 0 amide bonds. The minimum Gasteiger partial charge on any atom is -0.374 e. The summed E-state index contributed by atoms with van der Waals surface area (Å²) in [5.41, 5.74) is 3.54. The van der Waals surface area contributed by atoms with E-state index in [0.717, 1.165) is 48.1 Å². The summed E-state index contributed by atoms with van der Waals surface area (Å²) in [5, 5.41) is 4.58. The quantitative estimate of drug-likeness (QED) is 0.439. The Kier molecular flexibility index (Phi) is 4.72. The normalized spacial score (nSPS) is 18.9. The molecule has 1 aliphatic heterocycles. The number of fused-ring (bicyclic) bond motifs is 1. The van der Waals surface area contributed by atoms with Crippen molar-refractivity contribution in [1.29, 1.82) is 0 Å². The molecule has 0 saturated heterocycles. The van der Waals surface area contributed by atoms with Gasteiger partial charge in [-0.25, -0.2) is 9.67 Å². The summed E-state index contributed by atoms with van der Waals surface area (Å²) >= 11 is 3.66. The standard InChI is InChI=1S/C19H20BrN5O/c1-24-9-7-14-15(3-2-4-16(14)20)17(24)11-18(21-8-10-26)25-12-22-19(23-25)13-5-6-13/h2-4,10-13H,5-9H2,1H3/b17-11-,21-18?. The van der Waals surface area contributed by atoms with E-state index in [-0.39, 0.29) is 6.54 Å². The van der Waals surface area contributed by atoms with Crippen LogP contribution in [0, 0.1) is 0 Å². The molecule has 0 spiro atoms. The molecule has 1 fully saturated rings. The lowest BCUT2D eigenvalue weighted by atomic mass is 9.96. The molecule has 7 heteroatoms. The number of halogens is 1. The van der Waals surface area contributed by atoms with Gasteiger partial charge in [-0.15, -0.1) is 5.10 Å². The molecule has 1 aromatic heterocycles. The van der Waals surface area contributed by atoms with Crippen molar-refractivity contribution in [3.05, 3.63) is 52.0 Å². The molecule has 0 atom stereocenters. The van der Waals surface area contributed by atoms with Gasteiger partial charge in [0.05, 0.1) is 6.54 Å². The summed E-state index contributed by atoms with van der Waals surface area (Å²) in [7, 11) is 2.07. The van der Waals surface area contributed by atoms with E-state index in [1.54, 1.807) is 11.0 Å². The Labute approximate surface area is 160 Å². The molecule has 0 unspecified atom stereocenters. The predicted molar refractivity (Wildman–Crippen MR) is 104 cm³/mol. The van der Waals surface area contributed by atoms with Crippen molar-refractivity contribution in [2.45, 2.75) is 25.2 Å². The summed E-state index contributed by atoms with van der Waals surface area (Å²) < 4.78 is 2.81. The van der Waals surface area contributed by atoms with Crippen LogP contribution in [0.1, 0.15) is 35.7 Å². The van der Waals surface area contributed by atoms with Crippen molar-refractivity contribution in [2.24, 2.45) is 4.99 Å². The van der Waals surface area contributed by atoms with Crippen molar-refractivity contribution in [2.75, 3.05) is 20.1 Å². The average Bonchev–Trinajstić information content (AvgIpc) is 3.38. The molecule has 0 radical (unpaired) electrons. The predicted octanol–water partition coefficient (Wildman–Crippen LogP) is 2.89. The largest absolute Gasteiger partial charge is 0.374 e. The monoisotopic (exact) mass is 413 g/mol. The Balaban J connectivity index is 1.76. The number of allylic oxidation sites excluding steroid dienone is 1. The highest BCUT2D eigenvalue weighted by Crippen LogP contribution is 2.37. The van der Waals surface area contributed by atoms with Gasteiger partial charge in [0.2, 0.25) is 0 Å². The number of likely N-dealkylation sites (N-methyl/N-ethyl adjacent to an activating group) is 1. The van der Waals surface area contributed by atoms with Crippen LogP contribution in [0.5, 0.6) is 0 Å². The fraction of sp³-hybridized carbons (Fsp3) is 0.368. The van der Waals surface area contributed by atoms with Crippen LogP contribution in [0.4, 0.5) is 0 Å². The number of aromatic nitrogens is 3. The van der Waals surface area contributed by atoms with Gasteiger partial charge >= 0.3 is 0 Å². The molecule has 2 aliphatic rings. The summed E-state index contributed by atoms with van der Waals surface area (Å²) in [6.45, 7) is 1.03. The van der Waals surface area contributed by atoms with E-state index in [0.29, 0.717) is 11.8 Å². The smallest absolute Gasteiger partial charge is 0.154 e. The van der Waals surface area contributed by atoms with Crippen LogP contribution in [0.15, 0.2) is 40.1 Å². The third-order valence-electron chi connectivity index (χ3n) is 4.78. The second-order valence-corrected chi connectivity index (χ2v) is 7.51. The third kappa shape index (κ3) is 3.35. The number of hydrogen-bond acceptors (Lipinski definition) is 5. The van der Waals surface area contributed by atoms with Crippen LogP contribution in [0.2, 0.25) is 0 Å². The number of carbonyl (C=O) groups is 1. The van der Waals surface area contributed by atoms with Crippen molar-refractivity contribution < 1.29 is 4.79 Å². The summed E-state index contributed by atoms with van der Waals surface area (Å²) in [4.78, 5) is 21.9. The van der Waals surface area contributed by atoms with Crippen molar-refractivity contribution in [3.8, 4) is 0 Å². The second-order valence-electron chi connectivity index (χ2n) is 6.65. The Bertz CT molecular complexity index is 897. The van der Waals surface area contributed by atoms with Gasteiger partial charge in [0.25, 0.3) is 0 Å². The molecular formula is C19H20BrN5O. The molecule has 134 valence electrons. The van der Waals surface area contributed by atoms with E-state index in [4.69, 9.17) is 0 Å². The van der Waals surface area contributed by atoms with Gasteiger partial charge in [-0.2, -0.15) is 0 Å². The topological polar surface area (TPSA) is 63.4 Å². The van der Waals surface area contributed by atoms with Crippen molar-refractivity contribution >= 4 is 33.7 Å². The summed E-state index contributed by atoms with van der Waals surface area (Å²) in [6, 6.07) is 6.23. The Hall–Kier alpha value is -2.28. The van der Waals surface area contributed by atoms with Gasteiger partial charge in [-0.3, -0.25) is 4.99 Å². The Morgan fingerprint density at radius 1 is 1.42 bits per heavy atom. The van der Waals surface area contributed by atoms with E-state index in [2.05, 4.69) is 55.1 Å². The fourth-order valence-electron chi connectivity index (χ4n) is 3.20. The Morgan fingerprint density at radius 2 is 2.27 bits per heavy atom. The van der Waals surface area contributed by atoms with Crippen molar-refractivity contribution in [1.82, 2.24) is 19.7 Å². The Morgan fingerprint density at radius 3 is 3.04 bits per heavy atom. The number of rotatable bonds is 4. The first kappa shape index (κ1) is 17.1. The van der Waals surface area contributed by atoms with Gasteiger partial charge in [0, 0.05) is 41.3 Å². The molecule has 6 nitrogen and oxygen atoms in total. The minimum atomic E-state index is 0.104. The zero-order chi connectivity index (χ0) is 18.1. The van der Waals surface area contributed by atoms with Gasteiger partial charge in [-0.05, 0) is 30.9 Å². The lowest BCUT2D eigenvalue weighted by molar-refractivity contribution is -0.106. The number of carbonyl (C=O) groups excluding carboxylic acids is 1. The molecule has 2 aromatic rings. The van der Waals surface area contributed by atoms with Crippen LogP contribution in [0.25, 0.3) is 5.70 Å². The van der Waals surface area contributed by atoms with E-state index >= 15 is 0 Å². The van der Waals surface area contributed by atoms with Crippen LogP contribution >= 0.6 is 15.9 Å². The maximum atomic E-state index is 10.9. The highest BCUT2D eigenvalue weighted by atomic mass is 79.9. The van der Waals surface area contributed by atoms with E-state index in [1.165, 1.54) is 11.1 Å². The zero-order valence-electron chi connectivity index (χ0n) is 14.6. The van der Waals surface area contributed by atoms with Gasteiger partial charge < -0.3 is 9.69 Å². The van der Waals surface area contributed by atoms with E-state index in [9.17, 15) is 4.79 Å². The lowest BCUT2D eigenvalue weighted by Gasteiger charge is -2.30. The highest BCUT2D eigenvalue weighted by Gasteiger charge is 2.28. The lowest BCUT2D eigenvalue weighted by Crippen LogP contribution is -2.27. The number of hydrogen-bond donors (Lipinski definition) is 0. The van der Waals surface area contributed by atoms with Crippen molar-refractivity contribution in [3.63, 3.8) is 0 Å². The number of aliphatic imine (C=N–C) groups is 1. The van der Waals surface area contributed by atoms with Gasteiger partial charge in [0.15, 0.2) is 11.7 Å². The maximum absolute atomic E-state index is 10.9. The first-order valence-electron chi connectivity index (χ1n) is 8.78. The molecule has 0 N–H and O–H groups in total. The molecular weight excluding hydrogens is 394 g/mol. The second kappa shape index (κ2) is 7.15. The number of aldehydes is 1. The molecule has 1 aliphatic carbocycles. The van der Waals surface area contributed by atoms with E-state index < -0.39 is 0 Å². The molecule has 26 heavy (non-hydrogen) atoms. The van der Waals surface area contributed by atoms with Gasteiger partial charge in [0.1, 0.15) is 12.6 Å². The maximum Gasteiger partial charge on any atom is 0.154 e. The van der Waals surface area contributed by atoms with E-state index in [1.807, 2.05) is 12.1 Å². The average molecular weight is 414 g/mol. The molecule has 1 aromatic carbocycles. The highest BCUT2D eigenvalue weighted by molar-refractivity contribution is 9.10. The first-order chi connectivity index (χ1) is 12.7. The third-order valence-corrected chi connectivity index (χ3v) is 5.53. The summed E-state index contributed by atoms with van der Waals surface area (Å²) in [6.07, 6.45) is 7.78. The molecule has 1 saturated carbocycles. The van der Waals surface area contributed by atoms with Crippen LogP contribution in [-0.4, -0.2) is 51.9 Å². The van der Waals surface area contributed by atoms with Crippen LogP contribution in [0.3, 0.4) is 0 Å². The molecule has 0 bridgehead atoms. The summed E-state index contributed by atoms with van der Waals surface area (Å²) in [5.74, 6) is 1.97. The van der Waals surface area contributed by atoms with Gasteiger partial charge in [-0.1, -0.05) is 28.1 Å². The van der Waals surface area contributed by atoms with Crippen LogP contribution in [-0.2, 0) is 11.2 Å². The SMILES string of the molecule is CN1CCc2c(Br)cccc2/C1=C/C(=NCC=O)n1cnc(C2CC2)n1. The molecule has 2 heterocycles. The fourth-order valence-corrected chi connectivity index (χ4v) is 3.76.